The molecule has 8 nitrogen and oxygen atoms in total. The van der Waals surface area contributed by atoms with Crippen molar-refractivity contribution in [2.75, 3.05) is 10.0 Å². The van der Waals surface area contributed by atoms with E-state index in [4.69, 9.17) is 0 Å². The monoisotopic (exact) mass is 423 g/mol. The number of carbonyl (C=O) groups is 1. The molecule has 0 aromatic heterocycles. The van der Waals surface area contributed by atoms with Crippen LogP contribution in [0.3, 0.4) is 0 Å². The molecule has 0 atom stereocenters. The number of nitrogens with one attached hydrogen (secondary N) is 3. The quantitative estimate of drug-likeness (QED) is 0.630. The van der Waals surface area contributed by atoms with Gasteiger partial charge >= 0.3 is 0 Å². The first kappa shape index (κ1) is 20.3. The lowest BCUT2D eigenvalue weighted by molar-refractivity contribution is -0.114. The molecule has 3 rings (SSSR count). The van der Waals surface area contributed by atoms with Gasteiger partial charge in [0, 0.05) is 18.7 Å². The molecule has 1 fully saturated rings. The van der Waals surface area contributed by atoms with E-state index in [2.05, 4.69) is 14.8 Å². The van der Waals surface area contributed by atoms with Crippen molar-refractivity contribution in [2.45, 2.75) is 42.5 Å². The maximum atomic E-state index is 12.6. The fourth-order valence-electron chi connectivity index (χ4n) is 2.51. The van der Waals surface area contributed by atoms with Crippen LogP contribution in [-0.2, 0) is 24.8 Å². The number of sulfonamides is 2. The smallest absolute Gasteiger partial charge is 0.261 e. The van der Waals surface area contributed by atoms with Gasteiger partial charge in [0.25, 0.3) is 10.0 Å². The minimum atomic E-state index is -3.92. The lowest BCUT2D eigenvalue weighted by Gasteiger charge is -2.12. The first-order chi connectivity index (χ1) is 13.1. The Kier molecular flexibility index (Phi) is 5.46. The van der Waals surface area contributed by atoms with Gasteiger partial charge in [0.05, 0.1) is 15.5 Å². The van der Waals surface area contributed by atoms with E-state index in [9.17, 15) is 21.6 Å². The van der Waals surface area contributed by atoms with Gasteiger partial charge in [-0.05, 0) is 61.7 Å². The second-order valence-corrected chi connectivity index (χ2v) is 10.1. The predicted molar refractivity (Wildman–Crippen MR) is 106 cm³/mol. The minimum absolute atomic E-state index is 0.0154. The highest BCUT2D eigenvalue weighted by Gasteiger charge is 2.28. The number of amides is 1. The molecular weight excluding hydrogens is 402 g/mol. The highest BCUT2D eigenvalue weighted by molar-refractivity contribution is 7.92. The number of hydrogen-bond acceptors (Lipinski definition) is 5. The second-order valence-electron chi connectivity index (χ2n) is 6.68. The number of anilines is 2. The van der Waals surface area contributed by atoms with Crippen LogP contribution >= 0.6 is 0 Å². The summed E-state index contributed by atoms with van der Waals surface area (Å²) in [5, 5.41) is 2.64. The van der Waals surface area contributed by atoms with E-state index in [0.29, 0.717) is 5.69 Å². The third-order valence-electron chi connectivity index (χ3n) is 4.14. The molecule has 2 aromatic rings. The number of aryl methyl sites for hydroxylation is 1. The number of rotatable bonds is 7. The zero-order valence-corrected chi connectivity index (χ0v) is 17.0. The Morgan fingerprint density at radius 1 is 0.929 bits per heavy atom. The Morgan fingerprint density at radius 3 is 2.04 bits per heavy atom. The molecule has 0 saturated heterocycles. The zero-order valence-electron chi connectivity index (χ0n) is 15.4. The molecular formula is C18H21N3O5S2. The summed E-state index contributed by atoms with van der Waals surface area (Å²) < 4.78 is 54.5. The van der Waals surface area contributed by atoms with E-state index in [1.54, 1.807) is 19.1 Å². The molecule has 1 aliphatic carbocycles. The van der Waals surface area contributed by atoms with Crippen molar-refractivity contribution in [1.82, 2.24) is 4.72 Å². The summed E-state index contributed by atoms with van der Waals surface area (Å²) in [4.78, 5) is 11.2. The van der Waals surface area contributed by atoms with Crippen molar-refractivity contribution in [1.29, 1.82) is 0 Å². The van der Waals surface area contributed by atoms with Gasteiger partial charge in [-0.3, -0.25) is 9.52 Å². The molecule has 2 aromatic carbocycles. The van der Waals surface area contributed by atoms with Gasteiger partial charge < -0.3 is 5.32 Å². The van der Waals surface area contributed by atoms with Crippen LogP contribution in [0.1, 0.15) is 25.3 Å². The van der Waals surface area contributed by atoms with Crippen molar-refractivity contribution in [2.24, 2.45) is 0 Å². The summed E-state index contributed by atoms with van der Waals surface area (Å²) in [5.74, 6) is -0.264. The standard InChI is InChI=1S/C18H21N3O5S2/c1-12-3-4-15(11-18(12)19-13(2)22)21-28(25,26)17-9-7-16(8-10-17)27(23,24)20-14-5-6-14/h3-4,7-11,14,20-21H,5-6H2,1-2H3,(H,19,22). The van der Waals surface area contributed by atoms with Crippen LogP contribution in [0.4, 0.5) is 11.4 Å². The topological polar surface area (TPSA) is 121 Å². The lowest BCUT2D eigenvalue weighted by atomic mass is 10.2. The van der Waals surface area contributed by atoms with E-state index in [1.807, 2.05) is 0 Å². The van der Waals surface area contributed by atoms with Crippen LogP contribution in [0.15, 0.2) is 52.3 Å². The van der Waals surface area contributed by atoms with Crippen molar-refractivity contribution in [3.63, 3.8) is 0 Å². The largest absolute Gasteiger partial charge is 0.326 e. The Morgan fingerprint density at radius 2 is 1.50 bits per heavy atom. The maximum Gasteiger partial charge on any atom is 0.261 e. The van der Waals surface area contributed by atoms with E-state index in [0.717, 1.165) is 18.4 Å². The van der Waals surface area contributed by atoms with Crippen LogP contribution in [-0.4, -0.2) is 28.8 Å². The first-order valence-corrected chi connectivity index (χ1v) is 11.6. The average Bonchev–Trinajstić information content (AvgIpc) is 3.40. The van der Waals surface area contributed by atoms with Crippen molar-refractivity contribution >= 4 is 37.3 Å². The van der Waals surface area contributed by atoms with Crippen LogP contribution in [0.2, 0.25) is 0 Å². The molecule has 10 heteroatoms. The fourth-order valence-corrected chi connectivity index (χ4v) is 4.86. The van der Waals surface area contributed by atoms with E-state index < -0.39 is 20.0 Å². The minimum Gasteiger partial charge on any atom is -0.326 e. The van der Waals surface area contributed by atoms with Crippen LogP contribution in [0.25, 0.3) is 0 Å². The highest BCUT2D eigenvalue weighted by Crippen LogP contribution is 2.25. The highest BCUT2D eigenvalue weighted by atomic mass is 32.2. The van der Waals surface area contributed by atoms with Crippen molar-refractivity contribution < 1.29 is 21.6 Å². The molecule has 0 bridgehead atoms. The van der Waals surface area contributed by atoms with Crippen molar-refractivity contribution in [3.8, 4) is 0 Å². The predicted octanol–water partition coefficient (Wildman–Crippen LogP) is 2.19. The zero-order chi connectivity index (χ0) is 20.5. The summed E-state index contributed by atoms with van der Waals surface area (Å²) in [6.45, 7) is 3.16. The summed E-state index contributed by atoms with van der Waals surface area (Å²) >= 11 is 0. The normalized spacial score (nSPS) is 14.5. The maximum absolute atomic E-state index is 12.6. The summed E-state index contributed by atoms with van der Waals surface area (Å²) in [6, 6.07) is 9.76. The third-order valence-corrected chi connectivity index (χ3v) is 7.08. The first-order valence-electron chi connectivity index (χ1n) is 8.60. The van der Waals surface area contributed by atoms with E-state index >= 15 is 0 Å². The van der Waals surface area contributed by atoms with Gasteiger partial charge in [-0.25, -0.2) is 21.6 Å². The Bertz CT molecular complexity index is 1110. The SMILES string of the molecule is CC(=O)Nc1cc(NS(=O)(=O)c2ccc(S(=O)(=O)NC3CC3)cc2)ccc1C. The van der Waals surface area contributed by atoms with Crippen LogP contribution < -0.4 is 14.8 Å². The van der Waals surface area contributed by atoms with Crippen LogP contribution in [0.5, 0.6) is 0 Å². The number of carbonyl (C=O) groups excluding carboxylic acids is 1. The van der Waals surface area contributed by atoms with Gasteiger partial charge in [0.15, 0.2) is 0 Å². The Hall–Kier alpha value is -2.43. The third kappa shape index (κ3) is 4.89. The van der Waals surface area contributed by atoms with Gasteiger partial charge in [-0.15, -0.1) is 0 Å². The number of hydrogen-bond donors (Lipinski definition) is 3. The van der Waals surface area contributed by atoms with Gasteiger partial charge in [0.1, 0.15) is 0 Å². The lowest BCUT2D eigenvalue weighted by Crippen LogP contribution is -2.25. The van der Waals surface area contributed by atoms with Crippen LogP contribution in [0, 0.1) is 6.92 Å². The van der Waals surface area contributed by atoms with E-state index in [1.165, 1.54) is 37.3 Å². The number of benzene rings is 2. The molecule has 150 valence electrons. The van der Waals surface area contributed by atoms with Gasteiger partial charge in [-0.2, -0.15) is 0 Å². The molecule has 3 N–H and O–H groups in total. The molecule has 1 aliphatic rings. The van der Waals surface area contributed by atoms with Gasteiger partial charge in [0.2, 0.25) is 15.9 Å². The molecule has 0 radical (unpaired) electrons. The molecule has 0 spiro atoms. The second kappa shape index (κ2) is 7.53. The summed E-state index contributed by atoms with van der Waals surface area (Å²) in [5.41, 5.74) is 1.57. The summed E-state index contributed by atoms with van der Waals surface area (Å²) in [6.07, 6.45) is 1.62. The average molecular weight is 424 g/mol. The molecule has 28 heavy (non-hydrogen) atoms. The fraction of sp³-hybridized carbons (Fsp3) is 0.278. The Labute approximate surface area is 164 Å². The molecule has 1 saturated carbocycles. The Balaban J connectivity index is 1.80. The van der Waals surface area contributed by atoms with Gasteiger partial charge in [-0.1, -0.05) is 6.07 Å². The van der Waals surface area contributed by atoms with E-state index in [-0.39, 0.29) is 27.4 Å². The summed E-state index contributed by atoms with van der Waals surface area (Å²) in [7, 11) is -7.57. The molecule has 0 aliphatic heterocycles. The molecule has 0 unspecified atom stereocenters. The molecule has 0 heterocycles. The van der Waals surface area contributed by atoms with Crippen molar-refractivity contribution in [3.05, 3.63) is 48.0 Å². The molecule has 1 amide bonds.